The lowest BCUT2D eigenvalue weighted by atomic mass is 9.78. The third kappa shape index (κ3) is 6.29. The highest BCUT2D eigenvalue weighted by atomic mass is 16.5. The van der Waals surface area contributed by atoms with Gasteiger partial charge >= 0.3 is 0 Å². The Labute approximate surface area is 148 Å². The average molecular weight is 345 g/mol. The van der Waals surface area contributed by atoms with Crippen molar-refractivity contribution in [2.24, 2.45) is 16.7 Å². The van der Waals surface area contributed by atoms with E-state index in [0.29, 0.717) is 19.1 Å². The maximum absolute atomic E-state index is 9.78. The zero-order valence-corrected chi connectivity index (χ0v) is 16.5. The standard InChI is InChI=1S/C20H40O4/c1-6-8-16(3)10-17-11-18(19(4,5)9-7-2)24-15-20(12-21,13-22)14-23-17/h16-18,21-22H,6-15H2,1-5H3. The maximum Gasteiger partial charge on any atom is 0.0651 e. The smallest absolute Gasteiger partial charge is 0.0651 e. The minimum absolute atomic E-state index is 0.0678. The summed E-state index contributed by atoms with van der Waals surface area (Å²) in [5, 5.41) is 19.6. The molecule has 0 aromatic heterocycles. The summed E-state index contributed by atoms with van der Waals surface area (Å²) in [5.74, 6) is 0.618. The van der Waals surface area contributed by atoms with E-state index in [4.69, 9.17) is 9.47 Å². The molecule has 0 aromatic carbocycles. The minimum Gasteiger partial charge on any atom is -0.396 e. The SMILES string of the molecule is CCCC(C)CC1CC(C(C)(C)CCC)OCC(CO)(CO)CO1. The fourth-order valence-corrected chi connectivity index (χ4v) is 3.79. The van der Waals surface area contributed by atoms with E-state index in [1.54, 1.807) is 0 Å². The highest BCUT2D eigenvalue weighted by Gasteiger charge is 2.39. The summed E-state index contributed by atoms with van der Waals surface area (Å²) >= 11 is 0. The van der Waals surface area contributed by atoms with E-state index in [1.165, 1.54) is 12.8 Å². The molecule has 0 saturated carbocycles. The van der Waals surface area contributed by atoms with Crippen LogP contribution in [0, 0.1) is 16.7 Å². The molecule has 0 aromatic rings. The van der Waals surface area contributed by atoms with Crippen LogP contribution >= 0.6 is 0 Å². The molecule has 4 heteroatoms. The van der Waals surface area contributed by atoms with Gasteiger partial charge in [-0.3, -0.25) is 0 Å². The molecule has 0 bridgehead atoms. The Hall–Kier alpha value is -0.160. The van der Waals surface area contributed by atoms with Crippen molar-refractivity contribution in [3.8, 4) is 0 Å². The summed E-state index contributed by atoms with van der Waals surface area (Å²) in [7, 11) is 0. The second-order valence-corrected chi connectivity index (χ2v) is 8.65. The molecule has 0 radical (unpaired) electrons. The second kappa shape index (κ2) is 10.1. The Morgan fingerprint density at radius 1 is 1.08 bits per heavy atom. The quantitative estimate of drug-likeness (QED) is 0.668. The van der Waals surface area contributed by atoms with Crippen molar-refractivity contribution >= 4 is 0 Å². The number of aliphatic hydroxyl groups is 2. The summed E-state index contributed by atoms with van der Waals surface area (Å²) in [6.45, 7) is 11.7. The van der Waals surface area contributed by atoms with Crippen LogP contribution < -0.4 is 0 Å². The number of rotatable bonds is 9. The molecule has 24 heavy (non-hydrogen) atoms. The van der Waals surface area contributed by atoms with Gasteiger partial charge in [-0.2, -0.15) is 0 Å². The predicted octanol–water partition coefficient (Wildman–Crippen LogP) is 3.78. The number of aliphatic hydroxyl groups excluding tert-OH is 2. The number of ether oxygens (including phenoxy) is 2. The third-order valence-electron chi connectivity index (χ3n) is 5.58. The van der Waals surface area contributed by atoms with E-state index in [0.717, 1.165) is 25.7 Å². The van der Waals surface area contributed by atoms with Crippen LogP contribution in [0.25, 0.3) is 0 Å². The van der Waals surface area contributed by atoms with Gasteiger partial charge in [0.05, 0.1) is 44.1 Å². The highest BCUT2D eigenvalue weighted by molar-refractivity contribution is 4.87. The van der Waals surface area contributed by atoms with Crippen LogP contribution in [-0.4, -0.2) is 48.8 Å². The third-order valence-corrected chi connectivity index (χ3v) is 5.58. The molecule has 1 heterocycles. The fraction of sp³-hybridized carbons (Fsp3) is 1.00. The average Bonchev–Trinajstić information content (AvgIpc) is 2.51. The molecule has 144 valence electrons. The van der Waals surface area contributed by atoms with E-state index in [2.05, 4.69) is 34.6 Å². The molecular formula is C20H40O4. The second-order valence-electron chi connectivity index (χ2n) is 8.65. The first kappa shape index (κ1) is 21.9. The molecule has 1 fully saturated rings. The van der Waals surface area contributed by atoms with Gasteiger partial charge in [-0.25, -0.2) is 0 Å². The normalized spacial score (nSPS) is 26.6. The van der Waals surface area contributed by atoms with Crippen LogP contribution in [0.1, 0.15) is 73.1 Å². The van der Waals surface area contributed by atoms with Gasteiger partial charge in [0, 0.05) is 6.42 Å². The van der Waals surface area contributed by atoms with Crippen molar-refractivity contribution in [3.05, 3.63) is 0 Å². The Morgan fingerprint density at radius 2 is 1.71 bits per heavy atom. The number of hydrogen-bond donors (Lipinski definition) is 2. The highest BCUT2D eigenvalue weighted by Crippen LogP contribution is 2.36. The van der Waals surface area contributed by atoms with E-state index in [1.807, 2.05) is 0 Å². The van der Waals surface area contributed by atoms with Crippen molar-refractivity contribution in [1.82, 2.24) is 0 Å². The van der Waals surface area contributed by atoms with Crippen LogP contribution in [-0.2, 0) is 9.47 Å². The Bertz CT molecular complexity index is 339. The Morgan fingerprint density at radius 3 is 2.25 bits per heavy atom. The van der Waals surface area contributed by atoms with E-state index >= 15 is 0 Å². The lowest BCUT2D eigenvalue weighted by Crippen LogP contribution is -2.48. The molecule has 1 saturated heterocycles. The first-order valence-electron chi connectivity index (χ1n) is 9.77. The molecule has 2 N–H and O–H groups in total. The molecule has 4 nitrogen and oxygen atoms in total. The van der Waals surface area contributed by atoms with Crippen LogP contribution in [0.5, 0.6) is 0 Å². The summed E-state index contributed by atoms with van der Waals surface area (Å²) in [4.78, 5) is 0. The van der Waals surface area contributed by atoms with Gasteiger partial charge < -0.3 is 19.7 Å². The fourth-order valence-electron chi connectivity index (χ4n) is 3.79. The van der Waals surface area contributed by atoms with Gasteiger partial charge in [-0.05, 0) is 24.2 Å². The molecule has 3 atom stereocenters. The molecule has 1 rings (SSSR count). The molecule has 3 unspecified atom stereocenters. The predicted molar refractivity (Wildman–Crippen MR) is 98.1 cm³/mol. The monoisotopic (exact) mass is 344 g/mol. The van der Waals surface area contributed by atoms with E-state index < -0.39 is 5.41 Å². The van der Waals surface area contributed by atoms with Gasteiger partial charge in [0.2, 0.25) is 0 Å². The largest absolute Gasteiger partial charge is 0.396 e. The van der Waals surface area contributed by atoms with Crippen molar-refractivity contribution < 1.29 is 19.7 Å². The topological polar surface area (TPSA) is 58.9 Å². The van der Waals surface area contributed by atoms with Crippen LogP contribution in [0.15, 0.2) is 0 Å². The van der Waals surface area contributed by atoms with Gasteiger partial charge in [0.1, 0.15) is 0 Å². The zero-order valence-electron chi connectivity index (χ0n) is 16.5. The molecule has 1 aliphatic heterocycles. The summed E-state index contributed by atoms with van der Waals surface area (Å²) in [6, 6.07) is 0. The summed E-state index contributed by atoms with van der Waals surface area (Å²) in [5.41, 5.74) is -0.619. The minimum atomic E-state index is -0.687. The van der Waals surface area contributed by atoms with Gasteiger partial charge in [-0.1, -0.05) is 53.9 Å². The van der Waals surface area contributed by atoms with Crippen molar-refractivity contribution in [3.63, 3.8) is 0 Å². The van der Waals surface area contributed by atoms with E-state index in [9.17, 15) is 10.2 Å². The van der Waals surface area contributed by atoms with Gasteiger partial charge in [0.25, 0.3) is 0 Å². The van der Waals surface area contributed by atoms with Crippen molar-refractivity contribution in [1.29, 1.82) is 0 Å². The van der Waals surface area contributed by atoms with Gasteiger partial charge in [0.15, 0.2) is 0 Å². The van der Waals surface area contributed by atoms with Gasteiger partial charge in [-0.15, -0.1) is 0 Å². The van der Waals surface area contributed by atoms with Crippen LogP contribution in [0.3, 0.4) is 0 Å². The lowest BCUT2D eigenvalue weighted by Gasteiger charge is -2.42. The summed E-state index contributed by atoms with van der Waals surface area (Å²) in [6.07, 6.45) is 6.74. The van der Waals surface area contributed by atoms with Crippen LogP contribution in [0.4, 0.5) is 0 Å². The first-order chi connectivity index (χ1) is 11.3. The summed E-state index contributed by atoms with van der Waals surface area (Å²) < 4.78 is 12.5. The first-order valence-corrected chi connectivity index (χ1v) is 9.77. The maximum atomic E-state index is 9.78. The zero-order chi connectivity index (χ0) is 18.2. The molecular weight excluding hydrogens is 304 g/mol. The molecule has 0 spiro atoms. The van der Waals surface area contributed by atoms with Crippen molar-refractivity contribution in [2.75, 3.05) is 26.4 Å². The number of hydrogen-bond acceptors (Lipinski definition) is 4. The molecule has 0 amide bonds. The Balaban J connectivity index is 2.90. The molecule has 0 aliphatic carbocycles. The Kier molecular flexibility index (Phi) is 9.21. The lowest BCUT2D eigenvalue weighted by molar-refractivity contribution is -0.169. The van der Waals surface area contributed by atoms with E-state index in [-0.39, 0.29) is 30.8 Å². The van der Waals surface area contributed by atoms with Crippen LogP contribution in [0.2, 0.25) is 0 Å². The molecule has 1 aliphatic rings. The van der Waals surface area contributed by atoms with Crippen molar-refractivity contribution in [2.45, 2.75) is 85.4 Å².